The Morgan fingerprint density at radius 1 is 1.31 bits per heavy atom. The molecule has 0 aliphatic carbocycles. The normalized spacial score (nSPS) is 22.1. The maximum atomic E-state index is 12.4. The zero-order chi connectivity index (χ0) is 26.0. The number of fused-ring (bicyclic) bond motifs is 1. The summed E-state index contributed by atoms with van der Waals surface area (Å²) in [6, 6.07) is 0. The van der Waals surface area contributed by atoms with Gasteiger partial charge in [0.15, 0.2) is 35.3 Å². The maximum absolute atomic E-state index is 12.4. The van der Waals surface area contributed by atoms with Gasteiger partial charge in [0.05, 0.1) is 19.5 Å². The number of imidazole rings is 1. The predicted octanol–water partition coefficient (Wildman–Crippen LogP) is -1.42. The number of rotatable bonds is 9. The van der Waals surface area contributed by atoms with Crippen LogP contribution in [0.4, 0.5) is 5.82 Å². The Kier molecular flexibility index (Phi) is 7.02. The molecule has 0 aromatic carbocycles. The van der Waals surface area contributed by atoms with E-state index in [1.165, 1.54) is 17.1 Å². The minimum Gasteiger partial charge on any atom is -0.478 e. The van der Waals surface area contributed by atoms with E-state index in [0.717, 1.165) is 6.20 Å². The molecule has 36 heavy (non-hydrogen) atoms. The van der Waals surface area contributed by atoms with Crippen molar-refractivity contribution in [2.75, 3.05) is 18.5 Å². The van der Waals surface area contributed by atoms with Crippen molar-refractivity contribution in [2.24, 2.45) is 0 Å². The van der Waals surface area contributed by atoms with Crippen molar-refractivity contribution in [3.05, 3.63) is 29.9 Å². The predicted molar refractivity (Wildman–Crippen MR) is 117 cm³/mol. The summed E-state index contributed by atoms with van der Waals surface area (Å²) in [6.07, 6.45) is -1.60. The number of H-pyrrole nitrogens is 1. The van der Waals surface area contributed by atoms with Gasteiger partial charge in [-0.2, -0.15) is 5.10 Å². The Hall–Kier alpha value is -4.25. The zero-order valence-electron chi connectivity index (χ0n) is 18.6. The van der Waals surface area contributed by atoms with E-state index in [0.29, 0.717) is 0 Å². The quantitative estimate of drug-likeness (QED) is 0.0647. The summed E-state index contributed by atoms with van der Waals surface area (Å²) >= 11 is 0. The van der Waals surface area contributed by atoms with E-state index in [1.807, 2.05) is 0 Å². The molecule has 4 heterocycles. The molecular weight excluding hydrogens is 482 g/mol. The Bertz CT molecular complexity index is 1330. The maximum Gasteiger partial charge on any atom is 0.342 e. The van der Waals surface area contributed by atoms with Gasteiger partial charge in [-0.05, 0) is 6.92 Å². The lowest BCUT2D eigenvalue weighted by Gasteiger charge is -2.17. The summed E-state index contributed by atoms with van der Waals surface area (Å²) in [5, 5.41) is 48.3. The van der Waals surface area contributed by atoms with Gasteiger partial charge in [-0.25, -0.2) is 24.5 Å². The molecule has 0 unspecified atom stereocenters. The number of carboxylic acid groups (broad SMARTS) is 1. The fourth-order valence-corrected chi connectivity index (χ4v) is 3.54. The molecule has 4 atom stereocenters. The number of esters is 1. The molecule has 0 saturated carbocycles. The first-order chi connectivity index (χ1) is 17.3. The van der Waals surface area contributed by atoms with Crippen LogP contribution in [-0.2, 0) is 19.1 Å². The van der Waals surface area contributed by atoms with Crippen LogP contribution in [0.1, 0.15) is 23.5 Å². The number of carboxylic acids is 1. The van der Waals surface area contributed by atoms with Crippen LogP contribution in [0.2, 0.25) is 0 Å². The van der Waals surface area contributed by atoms with Crippen molar-refractivity contribution >= 4 is 35.2 Å². The van der Waals surface area contributed by atoms with Crippen LogP contribution < -0.4 is 5.32 Å². The van der Waals surface area contributed by atoms with E-state index in [2.05, 4.69) is 30.5 Å². The number of aliphatic hydroxyl groups is 3. The first-order valence-electron chi connectivity index (χ1n) is 10.5. The lowest BCUT2D eigenvalue weighted by atomic mass is 10.1. The molecule has 16 heteroatoms. The topological polar surface area (TPSA) is 235 Å². The highest BCUT2D eigenvalue weighted by Crippen LogP contribution is 2.33. The lowest BCUT2D eigenvalue weighted by Crippen LogP contribution is -2.33. The molecule has 3 aromatic heterocycles. The lowest BCUT2D eigenvalue weighted by molar-refractivity contribution is -0.133. The van der Waals surface area contributed by atoms with Gasteiger partial charge in [-0.3, -0.25) is 14.5 Å². The number of aromatic amines is 1. The van der Waals surface area contributed by atoms with Crippen LogP contribution >= 0.6 is 0 Å². The minimum atomic E-state index is -1.49. The molecule has 16 nitrogen and oxygen atoms in total. The second-order valence-electron chi connectivity index (χ2n) is 7.48. The number of aromatic nitrogens is 6. The monoisotopic (exact) mass is 503 g/mol. The van der Waals surface area contributed by atoms with Crippen LogP contribution in [0.25, 0.3) is 22.7 Å². The number of hydrogen-bond acceptors (Lipinski definition) is 13. The fraction of sp³-hybridized carbons (Fsp3) is 0.350. The van der Waals surface area contributed by atoms with Crippen molar-refractivity contribution in [3.63, 3.8) is 0 Å². The molecule has 0 bridgehead atoms. The third-order valence-electron chi connectivity index (χ3n) is 5.30. The molecule has 0 radical (unpaired) electrons. The summed E-state index contributed by atoms with van der Waals surface area (Å²) in [4.78, 5) is 47.5. The number of carbonyl (C=O) groups excluding carboxylic acids is 2. The Labute approximate surface area is 201 Å². The standard InChI is InChI=1S/C20H21N7O9/c1-2-35-20(34)9-4-23-26-11(9)16-24-15(21-3-8(5-28)19(32)33)12-17(25-16)27(7-22-12)18-14(31)13(30)10(6-29)36-18/h3-5,7,10,13-14,18,29-31H,2,6H2,1H3,(H,23,26)(H,32,33)(H,21,24,25)/b8-3+/t10-,13-,14-,18-/m1/s1. The number of aliphatic carboxylic acids is 1. The van der Waals surface area contributed by atoms with Gasteiger partial charge in [0.2, 0.25) is 0 Å². The fourth-order valence-electron chi connectivity index (χ4n) is 3.54. The molecule has 1 aliphatic rings. The molecule has 0 spiro atoms. The van der Waals surface area contributed by atoms with Crippen molar-refractivity contribution in [2.45, 2.75) is 31.5 Å². The van der Waals surface area contributed by atoms with Crippen molar-refractivity contribution in [3.8, 4) is 11.5 Å². The average molecular weight is 503 g/mol. The van der Waals surface area contributed by atoms with Gasteiger partial charge in [-0.15, -0.1) is 0 Å². The molecule has 1 aliphatic heterocycles. The van der Waals surface area contributed by atoms with E-state index < -0.39 is 48.7 Å². The molecule has 1 saturated heterocycles. The summed E-state index contributed by atoms with van der Waals surface area (Å²) in [5.41, 5.74) is -0.512. The smallest absolute Gasteiger partial charge is 0.342 e. The van der Waals surface area contributed by atoms with E-state index in [-0.39, 0.29) is 47.0 Å². The molecular formula is C20H21N7O9. The second-order valence-corrected chi connectivity index (χ2v) is 7.48. The Balaban J connectivity index is 1.87. The van der Waals surface area contributed by atoms with E-state index >= 15 is 0 Å². The average Bonchev–Trinajstić information content (AvgIpc) is 3.57. The van der Waals surface area contributed by atoms with Crippen LogP contribution in [0, 0.1) is 0 Å². The third-order valence-corrected chi connectivity index (χ3v) is 5.30. The molecule has 190 valence electrons. The van der Waals surface area contributed by atoms with Gasteiger partial charge < -0.3 is 35.2 Å². The van der Waals surface area contributed by atoms with Crippen LogP contribution in [-0.4, -0.2) is 99.9 Å². The van der Waals surface area contributed by atoms with Gasteiger partial charge in [0, 0.05) is 12.4 Å². The van der Waals surface area contributed by atoms with Crippen LogP contribution in [0.3, 0.4) is 0 Å². The van der Waals surface area contributed by atoms with Gasteiger partial charge in [0.1, 0.15) is 35.1 Å². The number of aliphatic hydroxyl groups excluding tert-OH is 3. The highest BCUT2D eigenvalue weighted by Gasteiger charge is 2.44. The summed E-state index contributed by atoms with van der Waals surface area (Å²) in [6.45, 7) is 1.17. The van der Waals surface area contributed by atoms with Crippen LogP contribution in [0.15, 0.2) is 24.3 Å². The van der Waals surface area contributed by atoms with Gasteiger partial charge >= 0.3 is 11.9 Å². The van der Waals surface area contributed by atoms with E-state index in [4.69, 9.17) is 14.6 Å². The molecule has 6 N–H and O–H groups in total. The SMILES string of the molecule is CCOC(=O)c1c[nH]nc1-c1nc(N/C=C(\C=O)C(=O)O)c2ncn([C@@H]3O[C@H](CO)[C@@H](O)[C@H]3O)c2n1. The highest BCUT2D eigenvalue weighted by atomic mass is 16.6. The summed E-state index contributed by atoms with van der Waals surface area (Å²) in [7, 11) is 0. The van der Waals surface area contributed by atoms with Crippen molar-refractivity contribution in [1.29, 1.82) is 0 Å². The number of nitrogens with one attached hydrogen (secondary N) is 2. The molecule has 4 rings (SSSR count). The highest BCUT2D eigenvalue weighted by molar-refractivity contribution is 6.07. The summed E-state index contributed by atoms with van der Waals surface area (Å²) < 4.78 is 11.9. The van der Waals surface area contributed by atoms with E-state index in [1.54, 1.807) is 6.92 Å². The molecule has 1 fully saturated rings. The van der Waals surface area contributed by atoms with Crippen molar-refractivity contribution in [1.82, 2.24) is 29.7 Å². The first kappa shape index (κ1) is 24.9. The van der Waals surface area contributed by atoms with Crippen LogP contribution in [0.5, 0.6) is 0 Å². The summed E-state index contributed by atoms with van der Waals surface area (Å²) in [5.74, 6) is -2.39. The largest absolute Gasteiger partial charge is 0.478 e. The third kappa shape index (κ3) is 4.40. The number of aldehydes is 1. The number of anilines is 1. The number of nitrogens with zero attached hydrogens (tertiary/aromatic N) is 5. The Morgan fingerprint density at radius 3 is 2.72 bits per heavy atom. The number of carbonyl (C=O) groups is 3. The number of ether oxygens (including phenoxy) is 2. The van der Waals surface area contributed by atoms with Gasteiger partial charge in [-0.1, -0.05) is 0 Å². The Morgan fingerprint density at radius 2 is 2.08 bits per heavy atom. The van der Waals surface area contributed by atoms with Gasteiger partial charge in [0.25, 0.3) is 0 Å². The number of hydrogen-bond donors (Lipinski definition) is 6. The molecule has 0 amide bonds. The molecule has 3 aromatic rings. The van der Waals surface area contributed by atoms with E-state index in [9.17, 15) is 29.7 Å². The zero-order valence-corrected chi connectivity index (χ0v) is 18.6. The second kappa shape index (κ2) is 10.2. The van der Waals surface area contributed by atoms with Crippen molar-refractivity contribution < 1.29 is 44.3 Å². The minimum absolute atomic E-state index is 0.00914. The first-order valence-corrected chi connectivity index (χ1v) is 10.5.